The Morgan fingerprint density at radius 2 is 1.38 bits per heavy atom. The zero-order valence-electron chi connectivity index (χ0n) is 16.0. The van der Waals surface area contributed by atoms with Crippen LogP contribution < -0.4 is 7.00 Å². The van der Waals surface area contributed by atoms with Gasteiger partial charge in [-0.1, -0.05) is 0 Å². The van der Waals surface area contributed by atoms with Crippen LogP contribution >= 0.6 is 0 Å². The Hall–Kier alpha value is -2.39. The third-order valence-electron chi connectivity index (χ3n) is 4.34. The number of fused-ring (bicyclic) bond motifs is 1. The molecule has 0 saturated carbocycles. The van der Waals surface area contributed by atoms with Crippen LogP contribution in [-0.2, 0) is 19.6 Å². The Labute approximate surface area is 185 Å². The van der Waals surface area contributed by atoms with Gasteiger partial charge in [0.05, 0.1) is 0 Å². The molecule has 0 unspecified atom stereocenters. The van der Waals surface area contributed by atoms with Gasteiger partial charge in [0.1, 0.15) is 0 Å². The fraction of sp³-hybridized carbons (Fsp3) is 0.100. The molecule has 0 aliphatic carbocycles. The third-order valence-corrected chi connectivity index (χ3v) is 6.42. The summed E-state index contributed by atoms with van der Waals surface area (Å²) in [7, 11) is -2.05. The average Bonchev–Trinajstić information content (AvgIpc) is 2.74. The molecule has 0 spiro atoms. The Bertz CT molecular complexity index is 1180. The first kappa shape index (κ1) is 21.3. The second kappa shape index (κ2) is 8.54. The number of benzene rings is 3. The molecule has 0 atom stereocenters. The molecular formula is C20H15NaO7S. The monoisotopic (exact) mass is 422 g/mol. The topological polar surface area (TPSA) is 96.0 Å². The molecule has 144 valence electrons. The van der Waals surface area contributed by atoms with E-state index in [1.807, 2.05) is 18.2 Å². The number of rotatable bonds is 5. The molecule has 0 aliphatic heterocycles. The van der Waals surface area contributed by atoms with Gasteiger partial charge >= 0.3 is 186 Å². The van der Waals surface area contributed by atoms with E-state index in [0.717, 1.165) is 62.5 Å². The molecular weight excluding hydrogens is 407 g/mol. The Morgan fingerprint density at radius 1 is 0.828 bits per heavy atom. The van der Waals surface area contributed by atoms with Crippen molar-refractivity contribution in [1.82, 2.24) is 0 Å². The predicted molar refractivity (Wildman–Crippen MR) is 106 cm³/mol. The summed E-state index contributed by atoms with van der Waals surface area (Å²) in [5.74, 6) is -1.43. The molecule has 29 heavy (non-hydrogen) atoms. The van der Waals surface area contributed by atoms with E-state index in [1.54, 1.807) is 18.2 Å². The minimum absolute atomic E-state index is 0.114. The summed E-state index contributed by atoms with van der Waals surface area (Å²) in [5.41, 5.74) is -0.227. The molecule has 0 aromatic heterocycles. The molecule has 0 heterocycles. The normalized spacial score (nSPS) is 11.2. The van der Waals surface area contributed by atoms with Gasteiger partial charge in [0.2, 0.25) is 0 Å². The van der Waals surface area contributed by atoms with Crippen LogP contribution in [-0.4, -0.2) is 62.5 Å². The van der Waals surface area contributed by atoms with E-state index < -0.39 is 22.1 Å². The van der Waals surface area contributed by atoms with E-state index in [2.05, 4.69) is 9.47 Å². The maximum atomic E-state index is 12.9. The standard InChI is InChI=1S/C20H15O7S.Na/c1-25-19(21)14-10-15(20(22)26-2)12-16(11-14)28(23,24)27-18-9-5-7-13-6-3-4-8-17(13)18;/h3-6,8-12H,1-2H3;. The summed E-state index contributed by atoms with van der Waals surface area (Å²) in [5, 5.41) is 1.56. The summed E-state index contributed by atoms with van der Waals surface area (Å²) in [6, 6.07) is 14.1. The van der Waals surface area contributed by atoms with Crippen molar-refractivity contribution < 1.29 is 31.7 Å². The molecule has 9 heteroatoms. The van der Waals surface area contributed by atoms with Gasteiger partial charge in [-0.25, -0.2) is 0 Å². The Balaban J connectivity index is 2.11. The van der Waals surface area contributed by atoms with Gasteiger partial charge in [-0.3, -0.25) is 0 Å². The summed E-state index contributed by atoms with van der Waals surface area (Å²) in [4.78, 5) is 23.5. The van der Waals surface area contributed by atoms with Crippen LogP contribution in [0.1, 0.15) is 20.7 Å². The van der Waals surface area contributed by atoms with Crippen molar-refractivity contribution in [3.63, 3.8) is 0 Å². The van der Waals surface area contributed by atoms with Crippen LogP contribution in [0.25, 0.3) is 10.8 Å². The number of hydrogen-bond donors (Lipinski definition) is 0. The molecule has 0 amide bonds. The predicted octanol–water partition coefficient (Wildman–Crippen LogP) is 1.97. The quantitative estimate of drug-likeness (QED) is 0.352. The van der Waals surface area contributed by atoms with E-state index in [0.29, 0.717) is 5.39 Å². The van der Waals surface area contributed by atoms with Crippen LogP contribution in [0.2, 0.25) is 0 Å². The Morgan fingerprint density at radius 3 is 1.93 bits per heavy atom. The van der Waals surface area contributed by atoms with Gasteiger partial charge < -0.3 is 0 Å². The number of methoxy groups -OCH3 is 2. The van der Waals surface area contributed by atoms with Gasteiger partial charge in [-0.2, -0.15) is 0 Å². The zero-order valence-corrected chi connectivity index (χ0v) is 18.8. The molecule has 7 nitrogen and oxygen atoms in total. The van der Waals surface area contributed by atoms with Gasteiger partial charge in [0.15, 0.2) is 0 Å². The molecule has 3 aromatic carbocycles. The summed E-state index contributed by atoms with van der Waals surface area (Å²) >= 11 is 0.788. The molecule has 0 N–H and O–H groups in total. The van der Waals surface area contributed by atoms with Crippen LogP contribution in [0.5, 0.6) is 5.75 Å². The molecule has 0 bridgehead atoms. The van der Waals surface area contributed by atoms with E-state index in [9.17, 15) is 18.0 Å². The fourth-order valence-corrected chi connectivity index (χ4v) is 4.50. The van der Waals surface area contributed by atoms with Crippen molar-refractivity contribution in [3.05, 3.63) is 65.7 Å². The second-order valence-corrected chi connectivity index (χ2v) is 8.82. The van der Waals surface area contributed by atoms with E-state index in [-0.39, 0.29) is 21.8 Å². The van der Waals surface area contributed by atoms with Gasteiger partial charge in [0.25, 0.3) is 0 Å². The SMILES string of the molecule is COC(=O)c1cc(C(=O)OC)cc(S(=O)(=O)Oc2cc[c]([Na])c3ccccc23)c1. The number of carbonyl (C=O) groups is 2. The van der Waals surface area contributed by atoms with Gasteiger partial charge in [0, 0.05) is 0 Å². The zero-order chi connectivity index (χ0) is 21.2. The summed E-state index contributed by atoms with van der Waals surface area (Å²) in [6.45, 7) is 0. The van der Waals surface area contributed by atoms with Crippen molar-refractivity contribution in [2.24, 2.45) is 0 Å². The summed E-state index contributed by atoms with van der Waals surface area (Å²) in [6.07, 6.45) is 0. The average molecular weight is 422 g/mol. The number of esters is 2. The maximum absolute atomic E-state index is 12.9. The molecule has 0 saturated heterocycles. The van der Waals surface area contributed by atoms with E-state index in [1.165, 1.54) is 6.07 Å². The first-order valence-electron chi connectivity index (χ1n) is 8.51. The van der Waals surface area contributed by atoms with Crippen LogP contribution in [0.3, 0.4) is 0 Å². The van der Waals surface area contributed by atoms with Crippen molar-refractivity contribution in [2.75, 3.05) is 14.2 Å². The number of carbonyl (C=O) groups excluding carboxylic acids is 2. The number of ether oxygens (including phenoxy) is 2. The molecule has 3 rings (SSSR count). The van der Waals surface area contributed by atoms with E-state index in [4.69, 9.17) is 4.18 Å². The Kier molecular flexibility index (Phi) is 6.28. The van der Waals surface area contributed by atoms with Crippen molar-refractivity contribution in [1.29, 1.82) is 0 Å². The van der Waals surface area contributed by atoms with Gasteiger partial charge in [-0.15, -0.1) is 0 Å². The molecule has 0 aliphatic rings. The van der Waals surface area contributed by atoms with Crippen molar-refractivity contribution in [3.8, 4) is 5.75 Å². The van der Waals surface area contributed by atoms with Crippen molar-refractivity contribution in [2.45, 2.75) is 4.90 Å². The fourth-order valence-electron chi connectivity index (χ4n) is 2.88. The second-order valence-electron chi connectivity index (χ2n) is 6.19. The van der Waals surface area contributed by atoms with Crippen LogP contribution in [0, 0.1) is 0 Å². The van der Waals surface area contributed by atoms with Crippen LogP contribution in [0.4, 0.5) is 0 Å². The van der Waals surface area contributed by atoms with Crippen molar-refractivity contribution >= 4 is 63.6 Å². The molecule has 0 fully saturated rings. The first-order valence-corrected chi connectivity index (χ1v) is 10.9. The molecule has 0 radical (unpaired) electrons. The van der Waals surface area contributed by atoms with Crippen LogP contribution in [0.15, 0.2) is 59.5 Å². The summed E-state index contributed by atoms with van der Waals surface area (Å²) < 4.78 is 41.6. The number of hydrogen-bond acceptors (Lipinski definition) is 7. The van der Waals surface area contributed by atoms with E-state index >= 15 is 0 Å². The first-order chi connectivity index (χ1) is 13.8. The van der Waals surface area contributed by atoms with Gasteiger partial charge in [-0.05, 0) is 0 Å². The third kappa shape index (κ3) is 4.45. The minimum atomic E-state index is -4.35. The molecule has 3 aromatic rings.